The van der Waals surface area contributed by atoms with Crippen LogP contribution in [0.3, 0.4) is 0 Å². The van der Waals surface area contributed by atoms with Crippen molar-refractivity contribution in [1.82, 2.24) is 14.5 Å². The third kappa shape index (κ3) is 3.75. The summed E-state index contributed by atoms with van der Waals surface area (Å²) < 4.78 is 8.38. The molecule has 0 spiro atoms. The molecule has 4 rings (SSSR count). The number of nitrogens with zero attached hydrogens (tertiary/aromatic N) is 3. The number of ether oxygens (including phenoxy) is 1. The number of likely N-dealkylation sites (tertiary alicyclic amines) is 1. The van der Waals surface area contributed by atoms with Crippen molar-refractivity contribution in [2.75, 3.05) is 19.7 Å². The standard InChI is InChI=1S/C22H27N3O/c1-18-9-3-6-12-21(18)26-16-15-25-20-11-5-4-10-19(20)23-22(25)17-24-13-7-2-8-14-24/h3-6,9-12H,2,7-8,13-17H2,1H3. The number of aromatic nitrogens is 2. The van der Waals surface area contributed by atoms with Crippen LogP contribution in [0.15, 0.2) is 48.5 Å². The van der Waals surface area contributed by atoms with Gasteiger partial charge in [0.1, 0.15) is 18.2 Å². The number of piperidine rings is 1. The largest absolute Gasteiger partial charge is 0.491 e. The topological polar surface area (TPSA) is 30.3 Å². The van der Waals surface area contributed by atoms with Crippen LogP contribution in [-0.2, 0) is 13.1 Å². The van der Waals surface area contributed by atoms with Crippen molar-refractivity contribution in [2.24, 2.45) is 0 Å². The van der Waals surface area contributed by atoms with Crippen LogP contribution in [0.1, 0.15) is 30.7 Å². The fourth-order valence-electron chi connectivity index (χ4n) is 3.78. The Hall–Kier alpha value is -2.33. The first kappa shape index (κ1) is 17.1. The Morgan fingerprint density at radius 3 is 2.58 bits per heavy atom. The van der Waals surface area contributed by atoms with Crippen molar-refractivity contribution in [1.29, 1.82) is 0 Å². The highest BCUT2D eigenvalue weighted by molar-refractivity contribution is 5.75. The van der Waals surface area contributed by atoms with Gasteiger partial charge in [0, 0.05) is 0 Å². The lowest BCUT2D eigenvalue weighted by Gasteiger charge is -2.26. The molecule has 0 amide bonds. The maximum absolute atomic E-state index is 6.04. The molecule has 1 aliphatic rings. The molecule has 136 valence electrons. The normalized spacial score (nSPS) is 15.4. The second kappa shape index (κ2) is 7.92. The van der Waals surface area contributed by atoms with Gasteiger partial charge in [0.25, 0.3) is 0 Å². The molecule has 3 aromatic rings. The van der Waals surface area contributed by atoms with Crippen molar-refractivity contribution >= 4 is 11.0 Å². The maximum Gasteiger partial charge on any atom is 0.124 e. The minimum atomic E-state index is 0.651. The zero-order valence-electron chi connectivity index (χ0n) is 15.5. The summed E-state index contributed by atoms with van der Waals surface area (Å²) in [5.74, 6) is 2.12. The van der Waals surface area contributed by atoms with Crippen molar-refractivity contribution in [2.45, 2.75) is 39.3 Å². The second-order valence-electron chi connectivity index (χ2n) is 7.12. The number of benzene rings is 2. The van der Waals surface area contributed by atoms with Gasteiger partial charge in [0.05, 0.1) is 24.1 Å². The molecule has 26 heavy (non-hydrogen) atoms. The number of fused-ring (bicyclic) bond motifs is 1. The molecule has 0 N–H and O–H groups in total. The zero-order valence-corrected chi connectivity index (χ0v) is 15.5. The summed E-state index contributed by atoms with van der Waals surface area (Å²) in [5.41, 5.74) is 3.46. The van der Waals surface area contributed by atoms with Gasteiger partial charge in [0.15, 0.2) is 0 Å². The fraction of sp³-hybridized carbons (Fsp3) is 0.409. The summed E-state index contributed by atoms with van der Waals surface area (Å²) in [7, 11) is 0. The monoisotopic (exact) mass is 349 g/mol. The van der Waals surface area contributed by atoms with E-state index >= 15 is 0 Å². The summed E-state index contributed by atoms with van der Waals surface area (Å²) in [6, 6.07) is 16.6. The summed E-state index contributed by atoms with van der Waals surface area (Å²) >= 11 is 0. The number of hydrogen-bond acceptors (Lipinski definition) is 3. The molecule has 4 nitrogen and oxygen atoms in total. The van der Waals surface area contributed by atoms with E-state index in [1.807, 2.05) is 18.2 Å². The van der Waals surface area contributed by atoms with E-state index < -0.39 is 0 Å². The Labute approximate surface area is 155 Å². The van der Waals surface area contributed by atoms with Crippen LogP contribution in [0, 0.1) is 6.92 Å². The molecule has 0 bridgehead atoms. The highest BCUT2D eigenvalue weighted by Gasteiger charge is 2.16. The summed E-state index contributed by atoms with van der Waals surface area (Å²) in [4.78, 5) is 7.45. The van der Waals surface area contributed by atoms with E-state index in [4.69, 9.17) is 9.72 Å². The maximum atomic E-state index is 6.04. The van der Waals surface area contributed by atoms with E-state index in [1.54, 1.807) is 0 Å². The Bertz CT molecular complexity index is 865. The SMILES string of the molecule is Cc1ccccc1OCCn1c(CN2CCCCC2)nc2ccccc21. The summed E-state index contributed by atoms with van der Waals surface area (Å²) in [6.07, 6.45) is 3.96. The minimum absolute atomic E-state index is 0.651. The Morgan fingerprint density at radius 1 is 0.962 bits per heavy atom. The zero-order chi connectivity index (χ0) is 17.8. The van der Waals surface area contributed by atoms with Gasteiger partial charge in [-0.1, -0.05) is 36.8 Å². The van der Waals surface area contributed by atoms with Crippen LogP contribution >= 0.6 is 0 Å². The van der Waals surface area contributed by atoms with E-state index in [0.29, 0.717) is 6.61 Å². The molecule has 0 atom stereocenters. The van der Waals surface area contributed by atoms with Gasteiger partial charge in [-0.3, -0.25) is 4.90 Å². The molecule has 1 saturated heterocycles. The smallest absolute Gasteiger partial charge is 0.124 e. The summed E-state index contributed by atoms with van der Waals surface area (Å²) in [5, 5.41) is 0. The van der Waals surface area contributed by atoms with Gasteiger partial charge in [-0.15, -0.1) is 0 Å². The lowest BCUT2D eigenvalue weighted by atomic mass is 10.1. The number of rotatable bonds is 6. The molecule has 0 saturated carbocycles. The molecule has 1 aromatic heterocycles. The molecule has 1 fully saturated rings. The van der Waals surface area contributed by atoms with Crippen LogP contribution in [0.2, 0.25) is 0 Å². The third-order valence-electron chi connectivity index (χ3n) is 5.21. The number of aryl methyl sites for hydroxylation is 1. The average Bonchev–Trinajstić information content (AvgIpc) is 3.01. The lowest BCUT2D eigenvalue weighted by molar-refractivity contribution is 0.211. The van der Waals surface area contributed by atoms with E-state index in [2.05, 4.69) is 46.7 Å². The number of imidazole rings is 1. The highest BCUT2D eigenvalue weighted by Crippen LogP contribution is 2.20. The van der Waals surface area contributed by atoms with Gasteiger partial charge < -0.3 is 9.30 Å². The quantitative estimate of drug-likeness (QED) is 0.660. The van der Waals surface area contributed by atoms with Gasteiger partial charge in [0.2, 0.25) is 0 Å². The molecular formula is C22H27N3O. The van der Waals surface area contributed by atoms with Gasteiger partial charge in [-0.05, 0) is 56.6 Å². The molecule has 0 aliphatic carbocycles. The Kier molecular flexibility index (Phi) is 5.21. The molecule has 1 aliphatic heterocycles. The van der Waals surface area contributed by atoms with Crippen LogP contribution < -0.4 is 4.74 Å². The Morgan fingerprint density at radius 2 is 1.73 bits per heavy atom. The molecule has 2 aromatic carbocycles. The van der Waals surface area contributed by atoms with Crippen LogP contribution in [-0.4, -0.2) is 34.1 Å². The Balaban J connectivity index is 1.52. The third-order valence-corrected chi connectivity index (χ3v) is 5.21. The molecule has 4 heteroatoms. The van der Waals surface area contributed by atoms with Crippen molar-refractivity contribution in [3.8, 4) is 5.75 Å². The van der Waals surface area contributed by atoms with E-state index in [9.17, 15) is 0 Å². The van der Waals surface area contributed by atoms with Crippen molar-refractivity contribution in [3.05, 3.63) is 59.9 Å². The fourth-order valence-corrected chi connectivity index (χ4v) is 3.78. The van der Waals surface area contributed by atoms with Gasteiger partial charge >= 0.3 is 0 Å². The van der Waals surface area contributed by atoms with E-state index in [-0.39, 0.29) is 0 Å². The van der Waals surface area contributed by atoms with Crippen LogP contribution in [0.5, 0.6) is 5.75 Å². The second-order valence-corrected chi connectivity index (χ2v) is 7.12. The molecule has 0 radical (unpaired) electrons. The first-order valence-electron chi connectivity index (χ1n) is 9.66. The van der Waals surface area contributed by atoms with Gasteiger partial charge in [-0.2, -0.15) is 0 Å². The molecular weight excluding hydrogens is 322 g/mol. The highest BCUT2D eigenvalue weighted by atomic mass is 16.5. The predicted molar refractivity (Wildman–Crippen MR) is 106 cm³/mol. The molecule has 2 heterocycles. The lowest BCUT2D eigenvalue weighted by Crippen LogP contribution is -2.30. The van der Waals surface area contributed by atoms with Crippen molar-refractivity contribution < 1.29 is 4.74 Å². The number of hydrogen-bond donors (Lipinski definition) is 0. The van der Waals surface area contributed by atoms with Crippen LogP contribution in [0.25, 0.3) is 11.0 Å². The average molecular weight is 349 g/mol. The van der Waals surface area contributed by atoms with Crippen molar-refractivity contribution in [3.63, 3.8) is 0 Å². The van der Waals surface area contributed by atoms with E-state index in [0.717, 1.165) is 30.2 Å². The first-order chi connectivity index (χ1) is 12.8. The minimum Gasteiger partial charge on any atom is -0.491 e. The predicted octanol–water partition coefficient (Wildman–Crippen LogP) is 4.41. The van der Waals surface area contributed by atoms with E-state index in [1.165, 1.54) is 43.4 Å². The number of para-hydroxylation sites is 3. The molecule has 0 unspecified atom stereocenters. The summed E-state index contributed by atoms with van der Waals surface area (Å²) in [6.45, 7) is 6.85. The van der Waals surface area contributed by atoms with Crippen LogP contribution in [0.4, 0.5) is 0 Å². The first-order valence-corrected chi connectivity index (χ1v) is 9.66. The van der Waals surface area contributed by atoms with Gasteiger partial charge in [-0.25, -0.2) is 4.98 Å².